The molecule has 3 rings (SSSR count). The third-order valence-electron chi connectivity index (χ3n) is 4.47. The SMILES string of the molecule is Cc1cc2ccccc2n1CC(=O)NCCC1=CCCCC1. The molecular formula is C19H24N2O. The average Bonchev–Trinajstić information content (AvgIpc) is 2.84. The molecule has 1 aromatic heterocycles. The highest BCUT2D eigenvalue weighted by atomic mass is 16.1. The normalized spacial score (nSPS) is 14.9. The molecule has 0 aliphatic heterocycles. The van der Waals surface area contributed by atoms with E-state index in [0.717, 1.165) is 24.2 Å². The molecule has 116 valence electrons. The number of carbonyl (C=O) groups is 1. The molecule has 1 heterocycles. The minimum atomic E-state index is 0.0980. The quantitative estimate of drug-likeness (QED) is 0.833. The maximum absolute atomic E-state index is 12.2. The molecule has 0 unspecified atom stereocenters. The summed E-state index contributed by atoms with van der Waals surface area (Å²) < 4.78 is 2.09. The molecule has 0 fully saturated rings. The Labute approximate surface area is 132 Å². The lowest BCUT2D eigenvalue weighted by Gasteiger charge is -2.13. The Morgan fingerprint density at radius 3 is 2.95 bits per heavy atom. The second-order valence-corrected chi connectivity index (χ2v) is 6.14. The Morgan fingerprint density at radius 1 is 1.27 bits per heavy atom. The molecule has 0 radical (unpaired) electrons. The van der Waals surface area contributed by atoms with Gasteiger partial charge in [-0.15, -0.1) is 0 Å². The molecule has 1 aliphatic rings. The Kier molecular flexibility index (Phi) is 4.62. The van der Waals surface area contributed by atoms with E-state index in [4.69, 9.17) is 0 Å². The number of nitrogens with zero attached hydrogens (tertiary/aromatic N) is 1. The van der Waals surface area contributed by atoms with E-state index < -0.39 is 0 Å². The van der Waals surface area contributed by atoms with Gasteiger partial charge in [0.2, 0.25) is 5.91 Å². The van der Waals surface area contributed by atoms with Crippen LogP contribution in [0.15, 0.2) is 42.0 Å². The summed E-state index contributed by atoms with van der Waals surface area (Å²) in [7, 11) is 0. The summed E-state index contributed by atoms with van der Waals surface area (Å²) in [5.41, 5.74) is 3.77. The standard InChI is InChI=1S/C19H24N2O/c1-15-13-17-9-5-6-10-18(17)21(15)14-19(22)20-12-11-16-7-3-2-4-8-16/h5-7,9-10,13H,2-4,8,11-12,14H2,1H3,(H,20,22). The monoisotopic (exact) mass is 296 g/mol. The second-order valence-electron chi connectivity index (χ2n) is 6.14. The number of amides is 1. The van der Waals surface area contributed by atoms with Crippen LogP contribution in [0.25, 0.3) is 10.9 Å². The van der Waals surface area contributed by atoms with E-state index in [2.05, 4.69) is 41.1 Å². The fraction of sp³-hybridized carbons (Fsp3) is 0.421. The van der Waals surface area contributed by atoms with Crippen LogP contribution >= 0.6 is 0 Å². The van der Waals surface area contributed by atoms with Crippen LogP contribution in [-0.4, -0.2) is 17.0 Å². The first-order chi connectivity index (χ1) is 10.7. The van der Waals surface area contributed by atoms with E-state index in [1.54, 1.807) is 0 Å². The summed E-state index contributed by atoms with van der Waals surface area (Å²) in [6.45, 7) is 3.21. The maximum Gasteiger partial charge on any atom is 0.239 e. The molecule has 1 amide bonds. The summed E-state index contributed by atoms with van der Waals surface area (Å²) in [5.74, 6) is 0.0980. The van der Waals surface area contributed by atoms with Crippen LogP contribution in [0.3, 0.4) is 0 Å². The Morgan fingerprint density at radius 2 is 2.14 bits per heavy atom. The highest BCUT2D eigenvalue weighted by Crippen LogP contribution is 2.20. The van der Waals surface area contributed by atoms with Crippen LogP contribution in [0, 0.1) is 6.92 Å². The molecule has 1 aromatic carbocycles. The van der Waals surface area contributed by atoms with Crippen molar-refractivity contribution in [1.29, 1.82) is 0 Å². The Balaban J connectivity index is 1.56. The predicted molar refractivity (Wildman–Crippen MR) is 90.9 cm³/mol. The number of hydrogen-bond donors (Lipinski definition) is 1. The molecular weight excluding hydrogens is 272 g/mol. The summed E-state index contributed by atoms with van der Waals surface area (Å²) in [6.07, 6.45) is 8.37. The number of fused-ring (bicyclic) bond motifs is 1. The lowest BCUT2D eigenvalue weighted by molar-refractivity contribution is -0.121. The van der Waals surface area contributed by atoms with E-state index in [1.165, 1.54) is 36.6 Å². The number of allylic oxidation sites excluding steroid dienone is 1. The summed E-state index contributed by atoms with van der Waals surface area (Å²) in [4.78, 5) is 12.2. The summed E-state index contributed by atoms with van der Waals surface area (Å²) in [5, 5.41) is 4.25. The predicted octanol–water partition coefficient (Wildman–Crippen LogP) is 3.96. The largest absolute Gasteiger partial charge is 0.354 e. The molecule has 1 aliphatic carbocycles. The first kappa shape index (κ1) is 14.9. The van der Waals surface area contributed by atoms with E-state index in [0.29, 0.717) is 6.54 Å². The highest BCUT2D eigenvalue weighted by molar-refractivity contribution is 5.84. The van der Waals surface area contributed by atoms with Crippen LogP contribution in [0.1, 0.15) is 37.8 Å². The molecule has 0 saturated carbocycles. The van der Waals surface area contributed by atoms with Gasteiger partial charge in [-0.2, -0.15) is 0 Å². The molecule has 0 spiro atoms. The van der Waals surface area contributed by atoms with Crippen molar-refractivity contribution in [3.63, 3.8) is 0 Å². The summed E-state index contributed by atoms with van der Waals surface area (Å²) >= 11 is 0. The maximum atomic E-state index is 12.2. The Hall–Kier alpha value is -2.03. The molecule has 3 heteroatoms. The minimum Gasteiger partial charge on any atom is -0.354 e. The number of aromatic nitrogens is 1. The zero-order valence-corrected chi connectivity index (χ0v) is 13.3. The lowest BCUT2D eigenvalue weighted by Crippen LogP contribution is -2.29. The van der Waals surface area contributed by atoms with Crippen molar-refractivity contribution in [2.24, 2.45) is 0 Å². The van der Waals surface area contributed by atoms with Gasteiger partial charge in [0, 0.05) is 17.8 Å². The van der Waals surface area contributed by atoms with Gasteiger partial charge < -0.3 is 9.88 Å². The highest BCUT2D eigenvalue weighted by Gasteiger charge is 2.09. The van der Waals surface area contributed by atoms with Crippen molar-refractivity contribution in [2.45, 2.75) is 45.6 Å². The molecule has 0 bridgehead atoms. The first-order valence-corrected chi connectivity index (χ1v) is 8.23. The fourth-order valence-corrected chi connectivity index (χ4v) is 3.25. The zero-order chi connectivity index (χ0) is 15.4. The van der Waals surface area contributed by atoms with E-state index in [-0.39, 0.29) is 5.91 Å². The fourth-order valence-electron chi connectivity index (χ4n) is 3.25. The van der Waals surface area contributed by atoms with Crippen LogP contribution in [0.4, 0.5) is 0 Å². The number of hydrogen-bond acceptors (Lipinski definition) is 1. The number of rotatable bonds is 5. The first-order valence-electron chi connectivity index (χ1n) is 8.23. The summed E-state index contributed by atoms with van der Waals surface area (Å²) in [6, 6.07) is 10.3. The van der Waals surface area contributed by atoms with Gasteiger partial charge in [0.1, 0.15) is 6.54 Å². The van der Waals surface area contributed by atoms with Crippen molar-refractivity contribution >= 4 is 16.8 Å². The minimum absolute atomic E-state index is 0.0980. The van der Waals surface area contributed by atoms with Gasteiger partial charge in [-0.3, -0.25) is 4.79 Å². The van der Waals surface area contributed by atoms with Gasteiger partial charge in [0.15, 0.2) is 0 Å². The molecule has 1 N–H and O–H groups in total. The van der Waals surface area contributed by atoms with Crippen LogP contribution < -0.4 is 5.32 Å². The average molecular weight is 296 g/mol. The molecule has 0 saturated heterocycles. The molecule has 0 atom stereocenters. The van der Waals surface area contributed by atoms with Crippen LogP contribution in [-0.2, 0) is 11.3 Å². The van der Waals surface area contributed by atoms with Crippen molar-refractivity contribution < 1.29 is 4.79 Å². The number of benzene rings is 1. The van der Waals surface area contributed by atoms with Crippen LogP contribution in [0.5, 0.6) is 0 Å². The van der Waals surface area contributed by atoms with E-state index in [9.17, 15) is 4.79 Å². The van der Waals surface area contributed by atoms with Crippen molar-refractivity contribution in [2.75, 3.05) is 6.54 Å². The number of para-hydroxylation sites is 1. The third kappa shape index (κ3) is 3.41. The van der Waals surface area contributed by atoms with Gasteiger partial charge in [-0.05, 0) is 56.5 Å². The van der Waals surface area contributed by atoms with Crippen molar-refractivity contribution in [1.82, 2.24) is 9.88 Å². The van der Waals surface area contributed by atoms with Gasteiger partial charge >= 0.3 is 0 Å². The van der Waals surface area contributed by atoms with E-state index in [1.807, 2.05) is 12.1 Å². The van der Waals surface area contributed by atoms with Gasteiger partial charge in [0.25, 0.3) is 0 Å². The van der Waals surface area contributed by atoms with E-state index >= 15 is 0 Å². The number of aryl methyl sites for hydroxylation is 1. The molecule has 3 nitrogen and oxygen atoms in total. The smallest absolute Gasteiger partial charge is 0.239 e. The topological polar surface area (TPSA) is 34.0 Å². The zero-order valence-electron chi connectivity index (χ0n) is 13.3. The van der Waals surface area contributed by atoms with Crippen molar-refractivity contribution in [3.8, 4) is 0 Å². The Bertz CT molecular complexity index is 697. The lowest BCUT2D eigenvalue weighted by atomic mass is 9.97. The number of nitrogens with one attached hydrogen (secondary N) is 1. The van der Waals surface area contributed by atoms with Crippen LogP contribution in [0.2, 0.25) is 0 Å². The molecule has 22 heavy (non-hydrogen) atoms. The number of carbonyl (C=O) groups excluding carboxylic acids is 1. The van der Waals surface area contributed by atoms with Gasteiger partial charge in [-0.25, -0.2) is 0 Å². The van der Waals surface area contributed by atoms with Gasteiger partial charge in [0.05, 0.1) is 0 Å². The van der Waals surface area contributed by atoms with Crippen molar-refractivity contribution in [3.05, 3.63) is 47.7 Å². The molecule has 2 aromatic rings. The third-order valence-corrected chi connectivity index (χ3v) is 4.47. The second kappa shape index (κ2) is 6.82. The van der Waals surface area contributed by atoms with Gasteiger partial charge in [-0.1, -0.05) is 29.8 Å².